The Bertz CT molecular complexity index is 396. The first-order valence-electron chi connectivity index (χ1n) is 6.46. The van der Waals surface area contributed by atoms with Gasteiger partial charge in [0.25, 0.3) is 0 Å². The van der Waals surface area contributed by atoms with Gasteiger partial charge in [-0.2, -0.15) is 0 Å². The maximum Gasteiger partial charge on any atom is 0.221 e. The van der Waals surface area contributed by atoms with Crippen molar-refractivity contribution in [1.29, 1.82) is 0 Å². The molecule has 5 heteroatoms. The first kappa shape index (κ1) is 15.5. The van der Waals surface area contributed by atoms with Gasteiger partial charge < -0.3 is 20.5 Å². The van der Waals surface area contributed by atoms with Crippen molar-refractivity contribution in [3.05, 3.63) is 29.8 Å². The highest BCUT2D eigenvalue weighted by Crippen LogP contribution is 2.18. The molecule has 1 amide bonds. The molecular weight excluding hydrogens is 244 g/mol. The zero-order valence-corrected chi connectivity index (χ0v) is 11.5. The number of ether oxygens (including phenoxy) is 1. The van der Waals surface area contributed by atoms with Gasteiger partial charge in [0.1, 0.15) is 5.75 Å². The van der Waals surface area contributed by atoms with Crippen molar-refractivity contribution in [3.63, 3.8) is 0 Å². The van der Waals surface area contributed by atoms with E-state index >= 15 is 0 Å². The van der Waals surface area contributed by atoms with Crippen LogP contribution in [0.15, 0.2) is 24.3 Å². The van der Waals surface area contributed by atoms with Crippen LogP contribution >= 0.6 is 0 Å². The van der Waals surface area contributed by atoms with Crippen molar-refractivity contribution < 1.29 is 14.6 Å². The fraction of sp³-hybridized carbons (Fsp3) is 0.500. The van der Waals surface area contributed by atoms with Gasteiger partial charge in [0, 0.05) is 26.1 Å². The van der Waals surface area contributed by atoms with Crippen LogP contribution < -0.4 is 15.4 Å². The molecule has 3 N–H and O–H groups in total. The Labute approximate surface area is 114 Å². The molecule has 0 aliphatic carbocycles. The van der Waals surface area contributed by atoms with Gasteiger partial charge in [-0.15, -0.1) is 0 Å². The number of amides is 1. The number of rotatable bonds is 8. The minimum atomic E-state index is -0.607. The highest BCUT2D eigenvalue weighted by Gasteiger charge is 2.08. The average molecular weight is 266 g/mol. The summed E-state index contributed by atoms with van der Waals surface area (Å²) in [4.78, 5) is 11.2. The number of nitrogens with one attached hydrogen (secondary N) is 2. The van der Waals surface area contributed by atoms with Crippen LogP contribution in [0.4, 0.5) is 0 Å². The molecule has 0 bridgehead atoms. The molecule has 0 saturated carbocycles. The summed E-state index contributed by atoms with van der Waals surface area (Å²) < 4.78 is 5.10. The Morgan fingerprint density at radius 3 is 2.95 bits per heavy atom. The van der Waals surface area contributed by atoms with Crippen molar-refractivity contribution in [2.75, 3.05) is 26.7 Å². The summed E-state index contributed by atoms with van der Waals surface area (Å²) in [6, 6.07) is 7.32. The largest absolute Gasteiger partial charge is 0.497 e. The Balaban J connectivity index is 2.30. The van der Waals surface area contributed by atoms with Crippen LogP contribution in [-0.4, -0.2) is 37.8 Å². The van der Waals surface area contributed by atoms with E-state index < -0.39 is 6.10 Å². The zero-order valence-electron chi connectivity index (χ0n) is 11.5. The second kappa shape index (κ2) is 8.50. The molecule has 5 nitrogen and oxygen atoms in total. The molecule has 0 aliphatic heterocycles. The third-order valence-electron chi connectivity index (χ3n) is 2.72. The molecule has 0 heterocycles. The van der Waals surface area contributed by atoms with Crippen LogP contribution in [0.3, 0.4) is 0 Å². The van der Waals surface area contributed by atoms with Crippen LogP contribution in [0.1, 0.15) is 25.0 Å². The third kappa shape index (κ3) is 5.72. The molecule has 0 aliphatic rings. The smallest absolute Gasteiger partial charge is 0.221 e. The van der Waals surface area contributed by atoms with Gasteiger partial charge in [-0.1, -0.05) is 12.1 Å². The number of benzene rings is 1. The van der Waals surface area contributed by atoms with Crippen LogP contribution in [0, 0.1) is 0 Å². The number of aliphatic hydroxyl groups excluding tert-OH is 1. The van der Waals surface area contributed by atoms with E-state index in [1.165, 1.54) is 0 Å². The molecule has 1 aromatic carbocycles. The van der Waals surface area contributed by atoms with Crippen molar-refractivity contribution in [2.24, 2.45) is 0 Å². The third-order valence-corrected chi connectivity index (χ3v) is 2.72. The molecule has 0 radical (unpaired) electrons. The van der Waals surface area contributed by atoms with E-state index in [0.717, 1.165) is 11.3 Å². The molecule has 0 fully saturated rings. The minimum absolute atomic E-state index is 0.0193. The molecule has 106 valence electrons. The van der Waals surface area contributed by atoms with Gasteiger partial charge in [0.05, 0.1) is 13.2 Å². The molecule has 0 saturated heterocycles. The lowest BCUT2D eigenvalue weighted by Gasteiger charge is -2.13. The average Bonchev–Trinajstić information content (AvgIpc) is 2.43. The summed E-state index contributed by atoms with van der Waals surface area (Å²) in [7, 11) is 1.59. The summed E-state index contributed by atoms with van der Waals surface area (Å²) in [6.07, 6.45) is -0.192. The number of aliphatic hydroxyl groups is 1. The predicted octanol–water partition coefficient (Wildman–Crippen LogP) is 0.844. The highest BCUT2D eigenvalue weighted by atomic mass is 16.5. The molecule has 19 heavy (non-hydrogen) atoms. The Hall–Kier alpha value is -1.59. The van der Waals surface area contributed by atoms with Crippen LogP contribution in [0.5, 0.6) is 5.75 Å². The van der Waals surface area contributed by atoms with E-state index in [4.69, 9.17) is 4.74 Å². The lowest BCUT2D eigenvalue weighted by molar-refractivity contribution is -0.120. The minimum Gasteiger partial charge on any atom is -0.497 e. The molecule has 1 rings (SSSR count). The topological polar surface area (TPSA) is 70.6 Å². The van der Waals surface area contributed by atoms with Gasteiger partial charge >= 0.3 is 0 Å². The summed E-state index contributed by atoms with van der Waals surface area (Å²) in [5.74, 6) is 0.741. The highest BCUT2D eigenvalue weighted by molar-refractivity contribution is 5.75. The SMILES string of the molecule is CCNC(=O)CCNCC(O)c1cccc(OC)c1. The van der Waals surface area contributed by atoms with E-state index in [2.05, 4.69) is 10.6 Å². The monoisotopic (exact) mass is 266 g/mol. The first-order chi connectivity index (χ1) is 9.17. The van der Waals surface area contributed by atoms with E-state index in [1.54, 1.807) is 13.2 Å². The summed E-state index contributed by atoms with van der Waals surface area (Å²) >= 11 is 0. The van der Waals surface area contributed by atoms with Crippen molar-refractivity contribution >= 4 is 5.91 Å². The lowest BCUT2D eigenvalue weighted by atomic mass is 10.1. The first-order valence-corrected chi connectivity index (χ1v) is 6.46. The van der Waals surface area contributed by atoms with Gasteiger partial charge in [0.2, 0.25) is 5.91 Å². The fourth-order valence-corrected chi connectivity index (χ4v) is 1.69. The molecule has 1 unspecified atom stereocenters. The molecule has 0 aromatic heterocycles. The van der Waals surface area contributed by atoms with Crippen LogP contribution in [-0.2, 0) is 4.79 Å². The van der Waals surface area contributed by atoms with E-state index in [9.17, 15) is 9.90 Å². The maximum atomic E-state index is 11.2. The number of carbonyl (C=O) groups is 1. The van der Waals surface area contributed by atoms with E-state index in [0.29, 0.717) is 26.1 Å². The number of carbonyl (C=O) groups excluding carboxylic acids is 1. The standard InChI is InChI=1S/C14H22N2O3/c1-3-16-14(18)7-8-15-10-13(17)11-5-4-6-12(9-11)19-2/h4-6,9,13,15,17H,3,7-8,10H2,1-2H3,(H,16,18). The fourth-order valence-electron chi connectivity index (χ4n) is 1.69. The van der Waals surface area contributed by atoms with E-state index in [-0.39, 0.29) is 5.91 Å². The van der Waals surface area contributed by atoms with Crippen molar-refractivity contribution in [3.8, 4) is 5.75 Å². The molecule has 1 atom stereocenters. The van der Waals surface area contributed by atoms with Gasteiger partial charge in [0.15, 0.2) is 0 Å². The summed E-state index contributed by atoms with van der Waals surface area (Å²) in [5, 5.41) is 15.8. The Morgan fingerprint density at radius 2 is 2.26 bits per heavy atom. The van der Waals surface area contributed by atoms with Crippen molar-refractivity contribution in [2.45, 2.75) is 19.4 Å². The second-order valence-corrected chi connectivity index (χ2v) is 4.20. The summed E-state index contributed by atoms with van der Waals surface area (Å²) in [6.45, 7) is 3.49. The number of methoxy groups -OCH3 is 1. The Kier molecular flexibility index (Phi) is 6.92. The number of hydrogen-bond acceptors (Lipinski definition) is 4. The molecule has 1 aromatic rings. The van der Waals surface area contributed by atoms with Crippen LogP contribution in [0.25, 0.3) is 0 Å². The lowest BCUT2D eigenvalue weighted by Crippen LogP contribution is -2.29. The van der Waals surface area contributed by atoms with Crippen LogP contribution in [0.2, 0.25) is 0 Å². The second-order valence-electron chi connectivity index (χ2n) is 4.20. The Morgan fingerprint density at radius 1 is 1.47 bits per heavy atom. The normalized spacial score (nSPS) is 11.9. The zero-order chi connectivity index (χ0) is 14.1. The summed E-state index contributed by atoms with van der Waals surface area (Å²) in [5.41, 5.74) is 0.796. The van der Waals surface area contributed by atoms with Gasteiger partial charge in [-0.25, -0.2) is 0 Å². The molecule has 0 spiro atoms. The van der Waals surface area contributed by atoms with E-state index in [1.807, 2.05) is 25.1 Å². The van der Waals surface area contributed by atoms with Crippen molar-refractivity contribution in [1.82, 2.24) is 10.6 Å². The van der Waals surface area contributed by atoms with Gasteiger partial charge in [-0.3, -0.25) is 4.79 Å². The predicted molar refractivity (Wildman–Crippen MR) is 74.1 cm³/mol. The molecular formula is C14H22N2O3. The maximum absolute atomic E-state index is 11.2. The quantitative estimate of drug-likeness (QED) is 0.610. The van der Waals surface area contributed by atoms with Gasteiger partial charge in [-0.05, 0) is 24.6 Å². The number of hydrogen-bond donors (Lipinski definition) is 3.